The van der Waals surface area contributed by atoms with E-state index in [-0.39, 0.29) is 39.2 Å². The Morgan fingerprint density at radius 2 is 1.59 bits per heavy atom. The number of rotatable bonds is 3. The van der Waals surface area contributed by atoms with Gasteiger partial charge in [0.25, 0.3) is 5.91 Å². The van der Waals surface area contributed by atoms with Gasteiger partial charge in [-0.1, -0.05) is 56.1 Å². The minimum absolute atomic E-state index is 0.159. The number of carbonyl (C=O) groups excluding carboxylic acids is 3. The molecule has 1 aliphatic carbocycles. The number of nitrogens with one attached hydrogen (secondary N) is 1. The fourth-order valence-corrected chi connectivity index (χ4v) is 5.28. The van der Waals surface area contributed by atoms with E-state index < -0.39 is 0 Å². The van der Waals surface area contributed by atoms with Crippen LogP contribution >= 0.6 is 31.9 Å². The largest absolute Gasteiger partial charge is 0.322 e. The van der Waals surface area contributed by atoms with Crippen LogP contribution in [0.2, 0.25) is 0 Å². The number of nitrogens with zero attached hydrogens (tertiary/aromatic N) is 1. The number of benzene rings is 2. The predicted octanol–water partition coefficient (Wildman–Crippen LogP) is 4.67. The minimum Gasteiger partial charge on any atom is -0.322 e. The SMILES string of the molecule is Cc1ccccc1NC(=O)c1cccc(N2C(=O)[C@@H]3C[C@@H](Br)[C@@H](Br)C[C@H]3C2=O)c1. The molecule has 1 N–H and O–H groups in total. The van der Waals surface area contributed by atoms with Crippen molar-refractivity contribution in [3.05, 3.63) is 59.7 Å². The lowest BCUT2D eigenvalue weighted by Crippen LogP contribution is -2.34. The average Bonchev–Trinajstić information content (AvgIpc) is 2.94. The Morgan fingerprint density at radius 1 is 0.966 bits per heavy atom. The molecule has 2 aliphatic rings. The normalized spacial score (nSPS) is 26.4. The van der Waals surface area contributed by atoms with Gasteiger partial charge in [-0.25, -0.2) is 0 Å². The van der Waals surface area contributed by atoms with Crippen molar-refractivity contribution < 1.29 is 14.4 Å². The van der Waals surface area contributed by atoms with Crippen LogP contribution in [0.15, 0.2) is 48.5 Å². The molecular weight excluding hydrogens is 500 g/mol. The summed E-state index contributed by atoms with van der Waals surface area (Å²) in [5, 5.41) is 2.89. The smallest absolute Gasteiger partial charge is 0.255 e. The van der Waals surface area contributed by atoms with Gasteiger partial charge in [0.2, 0.25) is 11.8 Å². The van der Waals surface area contributed by atoms with Gasteiger partial charge in [-0.3, -0.25) is 19.3 Å². The number of alkyl halides is 2. The van der Waals surface area contributed by atoms with Crippen molar-refractivity contribution in [2.24, 2.45) is 11.8 Å². The van der Waals surface area contributed by atoms with Gasteiger partial charge in [0, 0.05) is 20.9 Å². The van der Waals surface area contributed by atoms with Gasteiger partial charge in [0.15, 0.2) is 0 Å². The van der Waals surface area contributed by atoms with Crippen LogP contribution in [-0.4, -0.2) is 27.4 Å². The summed E-state index contributed by atoms with van der Waals surface area (Å²) in [5.74, 6) is -1.27. The zero-order valence-corrected chi connectivity index (χ0v) is 18.9. The number of hydrogen-bond donors (Lipinski definition) is 1. The maximum Gasteiger partial charge on any atom is 0.255 e. The summed E-state index contributed by atoms with van der Waals surface area (Å²) >= 11 is 7.20. The van der Waals surface area contributed by atoms with E-state index in [0.717, 1.165) is 11.3 Å². The fourth-order valence-electron chi connectivity index (χ4n) is 4.04. The molecule has 5 nitrogen and oxygen atoms in total. The number of halogens is 2. The molecule has 0 spiro atoms. The summed E-state index contributed by atoms with van der Waals surface area (Å²) < 4.78 is 0. The highest BCUT2D eigenvalue weighted by Gasteiger charge is 2.52. The number of imide groups is 1. The topological polar surface area (TPSA) is 66.5 Å². The minimum atomic E-state index is -0.315. The third-order valence-electron chi connectivity index (χ3n) is 5.67. The molecule has 2 aromatic rings. The molecule has 0 unspecified atom stereocenters. The standard InChI is InChI=1S/C22H20Br2N2O3/c1-12-5-2-3-8-19(12)25-20(27)13-6-4-7-14(9-13)26-21(28)15-10-17(23)18(24)11-16(15)22(26)29/h2-9,15-18H,10-11H2,1H3,(H,25,27)/t15-,16-,17-,18+/m1/s1. The van der Waals surface area contributed by atoms with Crippen molar-refractivity contribution in [2.75, 3.05) is 10.2 Å². The predicted molar refractivity (Wildman–Crippen MR) is 120 cm³/mol. The molecule has 3 amide bonds. The summed E-state index contributed by atoms with van der Waals surface area (Å²) in [7, 11) is 0. The van der Waals surface area contributed by atoms with Gasteiger partial charge in [0.05, 0.1) is 17.5 Å². The lowest BCUT2D eigenvalue weighted by molar-refractivity contribution is -0.122. The monoisotopic (exact) mass is 518 g/mol. The molecule has 4 atom stereocenters. The Morgan fingerprint density at radius 3 is 2.21 bits per heavy atom. The second-order valence-corrected chi connectivity index (χ2v) is 9.90. The first kappa shape index (κ1) is 20.3. The molecular formula is C22H20Br2N2O3. The molecule has 2 fully saturated rings. The maximum atomic E-state index is 13.0. The van der Waals surface area contributed by atoms with Crippen molar-refractivity contribution in [1.82, 2.24) is 0 Å². The lowest BCUT2D eigenvalue weighted by Gasteiger charge is -2.29. The molecule has 29 heavy (non-hydrogen) atoms. The number of anilines is 2. The van der Waals surface area contributed by atoms with Gasteiger partial charge in [-0.05, 0) is 49.6 Å². The number of carbonyl (C=O) groups is 3. The first-order valence-corrected chi connectivity index (χ1v) is 11.3. The molecule has 150 valence electrons. The molecule has 0 radical (unpaired) electrons. The van der Waals surface area contributed by atoms with Crippen LogP contribution in [0.25, 0.3) is 0 Å². The van der Waals surface area contributed by atoms with Crippen LogP contribution < -0.4 is 10.2 Å². The zero-order valence-electron chi connectivity index (χ0n) is 15.8. The average molecular weight is 520 g/mol. The molecule has 1 heterocycles. The zero-order chi connectivity index (χ0) is 20.7. The maximum absolute atomic E-state index is 13.0. The third kappa shape index (κ3) is 3.78. The van der Waals surface area contributed by atoms with Crippen LogP contribution in [-0.2, 0) is 9.59 Å². The van der Waals surface area contributed by atoms with E-state index in [1.54, 1.807) is 24.3 Å². The molecule has 1 saturated carbocycles. The summed E-state index contributed by atoms with van der Waals surface area (Å²) in [4.78, 5) is 40.3. The van der Waals surface area contributed by atoms with Crippen LogP contribution in [0.3, 0.4) is 0 Å². The Kier molecular flexibility index (Phi) is 5.62. The van der Waals surface area contributed by atoms with Crippen LogP contribution in [0, 0.1) is 18.8 Å². The van der Waals surface area contributed by atoms with Crippen LogP contribution in [0.4, 0.5) is 11.4 Å². The second kappa shape index (κ2) is 8.03. The quantitative estimate of drug-likeness (QED) is 0.473. The van der Waals surface area contributed by atoms with E-state index in [9.17, 15) is 14.4 Å². The number of hydrogen-bond acceptors (Lipinski definition) is 3. The Balaban J connectivity index is 1.59. The summed E-state index contributed by atoms with van der Waals surface area (Å²) in [6.07, 6.45) is 1.24. The number of aryl methyl sites for hydroxylation is 1. The molecule has 4 rings (SSSR count). The molecule has 0 aromatic heterocycles. The molecule has 2 aromatic carbocycles. The van der Waals surface area contributed by atoms with E-state index >= 15 is 0 Å². The van der Waals surface area contributed by atoms with Crippen molar-refractivity contribution in [3.8, 4) is 0 Å². The van der Waals surface area contributed by atoms with E-state index in [1.165, 1.54) is 4.90 Å². The lowest BCUT2D eigenvalue weighted by atomic mass is 9.81. The highest BCUT2D eigenvalue weighted by Crippen LogP contribution is 2.44. The van der Waals surface area contributed by atoms with Gasteiger partial charge >= 0.3 is 0 Å². The van der Waals surface area contributed by atoms with E-state index in [4.69, 9.17) is 0 Å². The summed E-state index contributed by atoms with van der Waals surface area (Å²) in [6, 6.07) is 14.2. The Labute approximate surface area is 186 Å². The van der Waals surface area contributed by atoms with Crippen LogP contribution in [0.5, 0.6) is 0 Å². The highest BCUT2D eigenvalue weighted by molar-refractivity contribution is 9.12. The number of para-hydroxylation sites is 1. The van der Waals surface area contributed by atoms with Crippen molar-refractivity contribution in [1.29, 1.82) is 0 Å². The molecule has 0 bridgehead atoms. The van der Waals surface area contributed by atoms with E-state index in [2.05, 4.69) is 37.2 Å². The first-order valence-electron chi connectivity index (χ1n) is 9.50. The van der Waals surface area contributed by atoms with Crippen molar-refractivity contribution in [3.63, 3.8) is 0 Å². The van der Waals surface area contributed by atoms with Gasteiger partial charge in [0.1, 0.15) is 0 Å². The Hall–Kier alpha value is -1.99. The van der Waals surface area contributed by atoms with E-state index in [0.29, 0.717) is 24.1 Å². The van der Waals surface area contributed by atoms with Crippen LogP contribution in [0.1, 0.15) is 28.8 Å². The van der Waals surface area contributed by atoms with Gasteiger partial charge in [-0.15, -0.1) is 0 Å². The second-order valence-electron chi connectivity index (χ2n) is 7.55. The number of amides is 3. The molecule has 1 saturated heterocycles. The summed E-state index contributed by atoms with van der Waals surface area (Å²) in [6.45, 7) is 1.92. The fraction of sp³-hybridized carbons (Fsp3) is 0.318. The summed E-state index contributed by atoms with van der Waals surface area (Å²) in [5.41, 5.74) is 2.54. The first-order chi connectivity index (χ1) is 13.9. The molecule has 1 aliphatic heterocycles. The van der Waals surface area contributed by atoms with Crippen molar-refractivity contribution >= 4 is 61.0 Å². The third-order valence-corrected chi connectivity index (χ3v) is 8.40. The highest BCUT2D eigenvalue weighted by atomic mass is 79.9. The van der Waals surface area contributed by atoms with Gasteiger partial charge in [-0.2, -0.15) is 0 Å². The van der Waals surface area contributed by atoms with Gasteiger partial charge < -0.3 is 5.32 Å². The number of fused-ring (bicyclic) bond motifs is 1. The Bertz CT molecular complexity index is 966. The van der Waals surface area contributed by atoms with Crippen molar-refractivity contribution in [2.45, 2.75) is 29.4 Å². The van der Waals surface area contributed by atoms with E-state index in [1.807, 2.05) is 31.2 Å². The molecule has 7 heteroatoms.